The maximum absolute atomic E-state index is 13.1. The van der Waals surface area contributed by atoms with Crippen LogP contribution in [0.5, 0.6) is 5.88 Å². The Morgan fingerprint density at radius 3 is 2.65 bits per heavy atom. The van der Waals surface area contributed by atoms with Gasteiger partial charge in [-0.25, -0.2) is 19.3 Å². The molecule has 0 spiro atoms. The second kappa shape index (κ2) is 9.51. The van der Waals surface area contributed by atoms with Gasteiger partial charge in [0.2, 0.25) is 5.88 Å². The Bertz CT molecular complexity index is 1220. The van der Waals surface area contributed by atoms with Crippen LogP contribution < -0.4 is 15.0 Å². The molecule has 0 atom stereocenters. The number of allylic oxidation sites excluding steroid dienone is 1. The van der Waals surface area contributed by atoms with Crippen LogP contribution in [0.15, 0.2) is 61.3 Å². The van der Waals surface area contributed by atoms with Gasteiger partial charge in [0.1, 0.15) is 18.0 Å². The first kappa shape index (κ1) is 21.9. The Kier molecular flexibility index (Phi) is 6.12. The molecule has 1 saturated heterocycles. The lowest BCUT2D eigenvalue weighted by Crippen LogP contribution is -2.48. The monoisotopic (exact) mass is 458 g/mol. The summed E-state index contributed by atoms with van der Waals surface area (Å²) >= 11 is 0. The zero-order valence-corrected chi connectivity index (χ0v) is 19.2. The molecule has 1 N–H and O–H groups in total. The Morgan fingerprint density at radius 2 is 1.88 bits per heavy atom. The number of hydrogen-bond acceptors (Lipinski definition) is 7. The number of aromatic nitrogens is 3. The molecular weight excluding hydrogens is 431 g/mol. The van der Waals surface area contributed by atoms with Gasteiger partial charge in [-0.15, -0.1) is 0 Å². The normalized spacial score (nSPS) is 15.1. The first-order chi connectivity index (χ1) is 16.6. The van der Waals surface area contributed by atoms with Crippen molar-refractivity contribution in [2.45, 2.75) is 13.0 Å². The average Bonchev–Trinajstić information content (AvgIpc) is 3.33. The summed E-state index contributed by atoms with van der Waals surface area (Å²) in [4.78, 5) is 17.9. The van der Waals surface area contributed by atoms with Crippen LogP contribution in [0.3, 0.4) is 0 Å². The molecule has 1 fully saturated rings. The van der Waals surface area contributed by atoms with Gasteiger partial charge >= 0.3 is 0 Å². The molecule has 174 valence electrons. The van der Waals surface area contributed by atoms with Gasteiger partial charge in [-0.3, -0.25) is 0 Å². The summed E-state index contributed by atoms with van der Waals surface area (Å²) in [5.74, 6) is 2.23. The number of nitrogens with one attached hydrogen (secondary N) is 1. The first-order valence-electron chi connectivity index (χ1n) is 11.3. The number of hydrogen-bond donors (Lipinski definition) is 1. The first-order valence-corrected chi connectivity index (χ1v) is 11.3. The molecule has 2 aliphatic rings. The largest absolute Gasteiger partial charge is 0.481 e. The molecule has 0 unspecified atom stereocenters. The fourth-order valence-corrected chi connectivity index (χ4v) is 4.38. The predicted octanol–water partition coefficient (Wildman–Crippen LogP) is 3.50. The molecule has 1 aliphatic heterocycles. The van der Waals surface area contributed by atoms with Crippen LogP contribution in [0.25, 0.3) is 11.6 Å². The highest BCUT2D eigenvalue weighted by Gasteiger charge is 2.25. The fourth-order valence-electron chi connectivity index (χ4n) is 4.38. The summed E-state index contributed by atoms with van der Waals surface area (Å²) in [6.45, 7) is 8.17. The predicted molar refractivity (Wildman–Crippen MR) is 131 cm³/mol. The maximum Gasteiger partial charge on any atom is 0.213 e. The smallest absolute Gasteiger partial charge is 0.213 e. The van der Waals surface area contributed by atoms with Crippen LogP contribution in [0.2, 0.25) is 0 Å². The summed E-state index contributed by atoms with van der Waals surface area (Å²) in [5, 5.41) is 3.36. The number of fused-ring (bicyclic) bond motifs is 1. The number of benzene rings is 1. The number of nitrogens with zero attached hydrogens (tertiary/aromatic N) is 5. The van der Waals surface area contributed by atoms with E-state index in [1.54, 1.807) is 31.8 Å². The molecule has 8 heteroatoms. The van der Waals surface area contributed by atoms with Gasteiger partial charge in [0, 0.05) is 57.0 Å². The summed E-state index contributed by atoms with van der Waals surface area (Å²) in [7, 11) is 1.63. The molecule has 34 heavy (non-hydrogen) atoms. The minimum Gasteiger partial charge on any atom is -0.481 e. The van der Waals surface area contributed by atoms with Crippen molar-refractivity contribution < 1.29 is 9.13 Å². The Morgan fingerprint density at radius 1 is 1.09 bits per heavy atom. The highest BCUT2D eigenvalue weighted by atomic mass is 19.1. The fraction of sp³-hybridized carbons (Fsp3) is 0.269. The van der Waals surface area contributed by atoms with Crippen LogP contribution >= 0.6 is 0 Å². The standard InChI is InChI=1S/C26H27FN6O/c1-18(29-16-19-3-5-22(27)6-4-19)32-9-11-33(12-10-32)26-23-13-21(14-24(23)30-17-31-26)20-7-8-28-25(15-20)34-2/h3-8,13,15,17,29H,1,9-12,14,16H2,2H3. The summed E-state index contributed by atoms with van der Waals surface area (Å²) in [6.07, 6.45) is 6.38. The van der Waals surface area contributed by atoms with Crippen LogP contribution in [-0.4, -0.2) is 53.1 Å². The second-order valence-electron chi connectivity index (χ2n) is 8.39. The number of ether oxygens (including phenoxy) is 1. The molecule has 5 rings (SSSR count). The van der Waals surface area contributed by atoms with Crippen molar-refractivity contribution in [3.8, 4) is 5.88 Å². The van der Waals surface area contributed by atoms with Gasteiger partial charge in [-0.1, -0.05) is 18.7 Å². The zero-order valence-electron chi connectivity index (χ0n) is 19.2. The van der Waals surface area contributed by atoms with Crippen molar-refractivity contribution in [3.63, 3.8) is 0 Å². The minimum atomic E-state index is -0.225. The van der Waals surface area contributed by atoms with E-state index in [4.69, 9.17) is 4.74 Å². The highest BCUT2D eigenvalue weighted by Crippen LogP contribution is 2.35. The molecule has 1 aliphatic carbocycles. The van der Waals surface area contributed by atoms with Crippen molar-refractivity contribution in [2.24, 2.45) is 0 Å². The highest BCUT2D eigenvalue weighted by molar-refractivity contribution is 5.91. The SMILES string of the molecule is C=C(NCc1ccc(F)cc1)N1CCN(c2ncnc3c2C=C(c2ccnc(OC)c2)C3)CC1. The van der Waals surface area contributed by atoms with E-state index in [2.05, 4.69) is 42.7 Å². The molecule has 0 radical (unpaired) electrons. The number of anilines is 1. The van der Waals surface area contributed by atoms with Gasteiger partial charge in [-0.2, -0.15) is 0 Å². The van der Waals surface area contributed by atoms with Crippen molar-refractivity contribution in [1.82, 2.24) is 25.2 Å². The Balaban J connectivity index is 1.23. The number of halogens is 1. The van der Waals surface area contributed by atoms with Crippen LogP contribution in [-0.2, 0) is 13.0 Å². The summed E-state index contributed by atoms with van der Waals surface area (Å²) < 4.78 is 18.4. The third-order valence-corrected chi connectivity index (χ3v) is 6.31. The van der Waals surface area contributed by atoms with E-state index in [1.807, 2.05) is 12.1 Å². The topological polar surface area (TPSA) is 66.4 Å². The average molecular weight is 459 g/mol. The van der Waals surface area contributed by atoms with Crippen molar-refractivity contribution in [3.05, 3.63) is 89.5 Å². The number of piperazine rings is 1. The summed E-state index contributed by atoms with van der Waals surface area (Å²) in [5.41, 5.74) is 5.43. The Labute approximate surface area is 198 Å². The quantitative estimate of drug-likeness (QED) is 0.581. The molecule has 0 bridgehead atoms. The molecular formula is C26H27FN6O. The lowest BCUT2D eigenvalue weighted by atomic mass is 10.1. The van der Waals surface area contributed by atoms with Gasteiger partial charge < -0.3 is 19.9 Å². The third-order valence-electron chi connectivity index (χ3n) is 6.31. The number of methoxy groups -OCH3 is 1. The zero-order chi connectivity index (χ0) is 23.5. The van der Waals surface area contributed by atoms with Crippen molar-refractivity contribution >= 4 is 17.5 Å². The van der Waals surface area contributed by atoms with E-state index in [9.17, 15) is 4.39 Å². The molecule has 3 heterocycles. The van der Waals surface area contributed by atoms with E-state index in [0.717, 1.165) is 66.6 Å². The lowest BCUT2D eigenvalue weighted by molar-refractivity contribution is 0.300. The number of pyridine rings is 1. The van der Waals surface area contributed by atoms with Crippen LogP contribution in [0.1, 0.15) is 22.4 Å². The van der Waals surface area contributed by atoms with E-state index in [1.165, 1.54) is 17.7 Å². The molecule has 3 aromatic rings. The van der Waals surface area contributed by atoms with Gasteiger partial charge in [0.25, 0.3) is 0 Å². The minimum absolute atomic E-state index is 0.225. The molecule has 0 amide bonds. The van der Waals surface area contributed by atoms with E-state index in [0.29, 0.717) is 12.4 Å². The summed E-state index contributed by atoms with van der Waals surface area (Å²) in [6, 6.07) is 10.5. The van der Waals surface area contributed by atoms with Gasteiger partial charge in [0.15, 0.2) is 0 Å². The lowest BCUT2D eigenvalue weighted by Gasteiger charge is -2.38. The second-order valence-corrected chi connectivity index (χ2v) is 8.39. The Hall–Kier alpha value is -3.94. The number of rotatable bonds is 7. The van der Waals surface area contributed by atoms with Gasteiger partial charge in [0.05, 0.1) is 18.6 Å². The molecule has 1 aromatic carbocycles. The van der Waals surface area contributed by atoms with Crippen molar-refractivity contribution in [1.29, 1.82) is 0 Å². The van der Waals surface area contributed by atoms with E-state index < -0.39 is 0 Å². The van der Waals surface area contributed by atoms with Gasteiger partial charge in [-0.05, 0) is 41.0 Å². The van der Waals surface area contributed by atoms with Crippen LogP contribution in [0.4, 0.5) is 10.2 Å². The molecule has 0 saturated carbocycles. The van der Waals surface area contributed by atoms with E-state index in [-0.39, 0.29) is 5.82 Å². The van der Waals surface area contributed by atoms with E-state index >= 15 is 0 Å². The third kappa shape index (κ3) is 4.57. The molecule has 7 nitrogen and oxygen atoms in total. The van der Waals surface area contributed by atoms with Crippen molar-refractivity contribution in [2.75, 3.05) is 38.2 Å². The van der Waals surface area contributed by atoms with Crippen LogP contribution in [0, 0.1) is 5.82 Å². The molecule has 2 aromatic heterocycles. The maximum atomic E-state index is 13.1.